The fourth-order valence-electron chi connectivity index (χ4n) is 7.89. The third kappa shape index (κ3) is 5.07. The van der Waals surface area contributed by atoms with Gasteiger partial charge in [-0.05, 0) is 79.1 Å². The SMILES string of the molecule is CC1C=CC(n2c3ccccc3c3ccc4c(c5ccccc5n4-c4ccc(-c5nc(-c6ccccc6)cc(-c6ccc(C#N)cc6)n5)cc4)c32)=CC1. The van der Waals surface area contributed by atoms with Crippen molar-refractivity contribution in [3.05, 3.63) is 169 Å². The lowest BCUT2D eigenvalue weighted by Gasteiger charge is -2.16. The van der Waals surface area contributed by atoms with E-state index in [9.17, 15) is 5.26 Å². The third-order valence-corrected chi connectivity index (χ3v) is 10.5. The molecule has 1 aliphatic rings. The second kappa shape index (κ2) is 12.3. The van der Waals surface area contributed by atoms with E-state index in [0.29, 0.717) is 17.3 Å². The number of hydrogen-bond acceptors (Lipinski definition) is 3. The minimum atomic E-state index is 0.533. The van der Waals surface area contributed by atoms with E-state index in [4.69, 9.17) is 9.97 Å². The highest BCUT2D eigenvalue weighted by molar-refractivity contribution is 6.26. The summed E-state index contributed by atoms with van der Waals surface area (Å²) < 4.78 is 4.85. The van der Waals surface area contributed by atoms with Gasteiger partial charge in [-0.15, -0.1) is 0 Å². The van der Waals surface area contributed by atoms with Gasteiger partial charge in [0.05, 0.1) is 45.1 Å². The molecule has 10 rings (SSSR count). The van der Waals surface area contributed by atoms with Gasteiger partial charge >= 0.3 is 0 Å². The van der Waals surface area contributed by atoms with Crippen molar-refractivity contribution in [3.63, 3.8) is 0 Å². The first-order valence-corrected chi connectivity index (χ1v) is 18.0. The summed E-state index contributed by atoms with van der Waals surface area (Å²) in [7, 11) is 0. The predicted octanol–water partition coefficient (Wildman–Crippen LogP) is 12.0. The third-order valence-electron chi connectivity index (χ3n) is 10.5. The monoisotopic (exact) mass is 679 g/mol. The Labute approximate surface area is 307 Å². The number of aromatic nitrogens is 4. The molecule has 1 aliphatic carbocycles. The highest BCUT2D eigenvalue weighted by Gasteiger charge is 2.22. The molecule has 0 saturated carbocycles. The molecular weight excluding hydrogens is 647 g/mol. The van der Waals surface area contributed by atoms with Crippen LogP contribution in [0, 0.1) is 17.2 Å². The quantitative estimate of drug-likeness (QED) is 0.182. The van der Waals surface area contributed by atoms with Gasteiger partial charge in [-0.25, -0.2) is 9.97 Å². The van der Waals surface area contributed by atoms with Crippen LogP contribution < -0.4 is 0 Å². The van der Waals surface area contributed by atoms with Crippen molar-refractivity contribution in [3.8, 4) is 45.7 Å². The molecular formula is C48H33N5. The Hall–Kier alpha value is -7.03. The molecule has 1 atom stereocenters. The summed E-state index contributed by atoms with van der Waals surface area (Å²) >= 11 is 0. The van der Waals surface area contributed by atoms with Crippen molar-refractivity contribution in [2.75, 3.05) is 0 Å². The standard InChI is InChI=1S/C48H33N5/c1-31-15-23-37(24-16-31)53-43-13-7-5-11-38(43)39-27-28-45-46(47(39)53)40-12-6-8-14-44(40)52(45)36-25-21-35(22-26-36)48-50-41(33-9-3-2-4-10-33)29-42(51-48)34-19-17-32(30-49)18-20-34/h2-15,17-29,31H,16H2,1H3. The Morgan fingerprint density at radius 2 is 1.25 bits per heavy atom. The molecule has 0 saturated heterocycles. The average Bonchev–Trinajstić information content (AvgIpc) is 3.74. The maximum atomic E-state index is 9.36. The minimum absolute atomic E-state index is 0.533. The van der Waals surface area contributed by atoms with Crippen molar-refractivity contribution in [1.82, 2.24) is 19.1 Å². The van der Waals surface area contributed by atoms with Crippen LogP contribution in [0.25, 0.3) is 88.9 Å². The van der Waals surface area contributed by atoms with Crippen molar-refractivity contribution >= 4 is 49.3 Å². The zero-order chi connectivity index (χ0) is 35.5. The summed E-state index contributed by atoms with van der Waals surface area (Å²) in [5, 5.41) is 14.3. The highest BCUT2D eigenvalue weighted by atomic mass is 15.0. The summed E-state index contributed by atoms with van der Waals surface area (Å²) in [6.45, 7) is 2.27. The van der Waals surface area contributed by atoms with Gasteiger partial charge in [0.15, 0.2) is 5.82 Å². The Morgan fingerprint density at radius 1 is 0.604 bits per heavy atom. The van der Waals surface area contributed by atoms with Crippen LogP contribution in [0.15, 0.2) is 164 Å². The second-order valence-corrected chi connectivity index (χ2v) is 13.8. The lowest BCUT2D eigenvalue weighted by Crippen LogP contribution is -2.01. The van der Waals surface area contributed by atoms with Crippen molar-refractivity contribution in [1.29, 1.82) is 5.26 Å². The fraction of sp³-hybridized carbons (Fsp3) is 0.0625. The van der Waals surface area contributed by atoms with Gasteiger partial charge in [-0.2, -0.15) is 5.26 Å². The molecule has 5 nitrogen and oxygen atoms in total. The summed E-state index contributed by atoms with van der Waals surface area (Å²) in [5.74, 6) is 1.18. The number of nitrogens with zero attached hydrogens (tertiary/aromatic N) is 5. The first kappa shape index (κ1) is 30.8. The van der Waals surface area contributed by atoms with Gasteiger partial charge < -0.3 is 9.13 Å². The molecule has 6 aromatic carbocycles. The minimum Gasteiger partial charge on any atom is -0.309 e. The Kier molecular flexibility index (Phi) is 7.16. The lowest BCUT2D eigenvalue weighted by molar-refractivity contribution is 0.735. The van der Waals surface area contributed by atoms with Gasteiger partial charge in [0, 0.05) is 49.6 Å². The highest BCUT2D eigenvalue weighted by Crippen LogP contribution is 2.42. The van der Waals surface area contributed by atoms with E-state index in [1.807, 2.05) is 48.5 Å². The molecule has 3 heterocycles. The molecule has 0 spiro atoms. The molecule has 0 radical (unpaired) electrons. The summed E-state index contributed by atoms with van der Waals surface area (Å²) in [6.07, 6.45) is 8.03. The van der Waals surface area contributed by atoms with Gasteiger partial charge in [-0.3, -0.25) is 0 Å². The van der Waals surface area contributed by atoms with Gasteiger partial charge in [0.1, 0.15) is 0 Å². The van der Waals surface area contributed by atoms with E-state index in [0.717, 1.165) is 51.2 Å². The lowest BCUT2D eigenvalue weighted by atomic mass is 10.0. The van der Waals surface area contributed by atoms with Gasteiger partial charge in [-0.1, -0.05) is 104 Å². The Bertz CT molecular complexity index is 2970. The first-order valence-electron chi connectivity index (χ1n) is 18.0. The van der Waals surface area contributed by atoms with E-state index in [1.165, 1.54) is 38.3 Å². The maximum absolute atomic E-state index is 9.36. The maximum Gasteiger partial charge on any atom is 0.160 e. The number of benzene rings is 6. The molecule has 3 aromatic heterocycles. The summed E-state index contributed by atoms with van der Waals surface area (Å²) in [5.41, 5.74) is 12.2. The molecule has 5 heteroatoms. The van der Waals surface area contributed by atoms with Crippen LogP contribution in [-0.2, 0) is 0 Å². The smallest absolute Gasteiger partial charge is 0.160 e. The molecule has 0 aliphatic heterocycles. The zero-order valence-electron chi connectivity index (χ0n) is 29.1. The number of allylic oxidation sites excluding steroid dienone is 4. The molecule has 9 aromatic rings. The molecule has 1 unspecified atom stereocenters. The number of nitriles is 1. The molecule has 0 N–H and O–H groups in total. The second-order valence-electron chi connectivity index (χ2n) is 13.8. The topological polar surface area (TPSA) is 59.4 Å². The van der Waals surface area contributed by atoms with E-state index in [1.54, 1.807) is 0 Å². The van der Waals surface area contributed by atoms with Gasteiger partial charge in [0.25, 0.3) is 0 Å². The van der Waals surface area contributed by atoms with Crippen LogP contribution in [0.4, 0.5) is 0 Å². The van der Waals surface area contributed by atoms with Crippen molar-refractivity contribution in [2.45, 2.75) is 13.3 Å². The summed E-state index contributed by atoms with van der Waals surface area (Å²) in [4.78, 5) is 10.1. The van der Waals surface area contributed by atoms with Crippen LogP contribution >= 0.6 is 0 Å². The number of rotatable bonds is 5. The molecule has 0 amide bonds. The van der Waals surface area contributed by atoms with Crippen molar-refractivity contribution in [2.24, 2.45) is 5.92 Å². The van der Waals surface area contributed by atoms with Gasteiger partial charge in [0.2, 0.25) is 0 Å². The van der Waals surface area contributed by atoms with Crippen LogP contribution in [0.1, 0.15) is 18.9 Å². The largest absolute Gasteiger partial charge is 0.309 e. The summed E-state index contributed by atoms with van der Waals surface area (Å²) in [6, 6.07) is 52.7. The first-order chi connectivity index (χ1) is 26.1. The van der Waals surface area contributed by atoms with Crippen LogP contribution in [0.3, 0.4) is 0 Å². The molecule has 0 fully saturated rings. The average molecular weight is 680 g/mol. The predicted molar refractivity (Wildman–Crippen MR) is 218 cm³/mol. The number of para-hydroxylation sites is 2. The molecule has 53 heavy (non-hydrogen) atoms. The van der Waals surface area contributed by atoms with Crippen molar-refractivity contribution < 1.29 is 0 Å². The van der Waals surface area contributed by atoms with E-state index in [-0.39, 0.29) is 0 Å². The van der Waals surface area contributed by atoms with Crippen LogP contribution in [0.2, 0.25) is 0 Å². The zero-order valence-corrected chi connectivity index (χ0v) is 29.1. The van der Waals surface area contributed by atoms with E-state index in [2.05, 4.69) is 137 Å². The fourth-order valence-corrected chi connectivity index (χ4v) is 7.89. The Morgan fingerprint density at radius 3 is 1.94 bits per heavy atom. The number of fused-ring (bicyclic) bond motifs is 7. The molecule has 250 valence electrons. The molecule has 0 bridgehead atoms. The number of hydrogen-bond donors (Lipinski definition) is 0. The van der Waals surface area contributed by atoms with Crippen LogP contribution in [0.5, 0.6) is 0 Å². The van der Waals surface area contributed by atoms with Crippen LogP contribution in [-0.4, -0.2) is 19.1 Å². The Balaban J connectivity index is 1.15. The van der Waals surface area contributed by atoms with E-state index < -0.39 is 0 Å². The van der Waals surface area contributed by atoms with E-state index >= 15 is 0 Å². The normalized spacial score (nSPS) is 14.3.